The van der Waals surface area contributed by atoms with Crippen molar-refractivity contribution in [2.24, 2.45) is 0 Å². The molecule has 0 bridgehead atoms. The summed E-state index contributed by atoms with van der Waals surface area (Å²) >= 11 is 0. The highest BCUT2D eigenvalue weighted by Crippen LogP contribution is 2.28. The number of benzene rings is 1. The Hall–Kier alpha value is -2.28. The van der Waals surface area contributed by atoms with Gasteiger partial charge in [0.05, 0.1) is 26.7 Å². The second-order valence-electron chi connectivity index (χ2n) is 5.62. The summed E-state index contributed by atoms with van der Waals surface area (Å²) in [6.45, 7) is 4.27. The Morgan fingerprint density at radius 2 is 2.08 bits per heavy atom. The van der Waals surface area contributed by atoms with Gasteiger partial charge in [0.15, 0.2) is 11.5 Å². The molecule has 2 N–H and O–H groups in total. The van der Waals surface area contributed by atoms with Crippen LogP contribution in [0.3, 0.4) is 0 Å². The maximum absolute atomic E-state index is 12.2. The molecule has 0 radical (unpaired) electrons. The van der Waals surface area contributed by atoms with Crippen molar-refractivity contribution in [1.29, 1.82) is 0 Å². The van der Waals surface area contributed by atoms with E-state index in [0.717, 1.165) is 5.56 Å². The molecule has 2 rings (SSSR count). The van der Waals surface area contributed by atoms with Crippen LogP contribution in [-0.4, -0.2) is 56.6 Å². The van der Waals surface area contributed by atoms with Crippen LogP contribution in [0.25, 0.3) is 0 Å². The molecule has 1 saturated heterocycles. The van der Waals surface area contributed by atoms with Gasteiger partial charge in [-0.05, 0) is 24.6 Å². The fraction of sp³-hybridized carbons (Fsp3) is 0.529. The van der Waals surface area contributed by atoms with Crippen molar-refractivity contribution >= 4 is 11.8 Å². The summed E-state index contributed by atoms with van der Waals surface area (Å²) in [5.41, 5.74) is 1.00. The minimum absolute atomic E-state index is 0.104. The van der Waals surface area contributed by atoms with Crippen LogP contribution in [0.15, 0.2) is 18.2 Å². The molecule has 2 amide bonds. The number of carbonyl (C=O) groups is 2. The van der Waals surface area contributed by atoms with Crippen LogP contribution in [0, 0.1) is 0 Å². The molecule has 7 heteroatoms. The van der Waals surface area contributed by atoms with Crippen molar-refractivity contribution in [3.05, 3.63) is 23.8 Å². The van der Waals surface area contributed by atoms with Crippen molar-refractivity contribution in [3.8, 4) is 11.5 Å². The molecular weight excluding hydrogens is 310 g/mol. The van der Waals surface area contributed by atoms with Gasteiger partial charge in [-0.1, -0.05) is 6.07 Å². The van der Waals surface area contributed by atoms with Crippen LogP contribution in [0.2, 0.25) is 0 Å². The summed E-state index contributed by atoms with van der Waals surface area (Å²) in [6, 6.07) is 5.22. The summed E-state index contributed by atoms with van der Waals surface area (Å²) in [6.07, 6.45) is 0.160. The fourth-order valence-electron chi connectivity index (χ4n) is 2.83. The Bertz CT molecular complexity index is 591. The van der Waals surface area contributed by atoms with Gasteiger partial charge in [0.1, 0.15) is 0 Å². The first kappa shape index (κ1) is 18.1. The number of hydrogen-bond donors (Lipinski definition) is 2. The number of carbonyl (C=O) groups excluding carboxylic acids is 2. The molecule has 0 aliphatic carbocycles. The molecule has 1 aliphatic rings. The average molecular weight is 335 g/mol. The van der Waals surface area contributed by atoms with E-state index in [1.54, 1.807) is 14.2 Å². The molecule has 1 aromatic carbocycles. The summed E-state index contributed by atoms with van der Waals surface area (Å²) in [7, 11) is 3.18. The van der Waals surface area contributed by atoms with Gasteiger partial charge in [-0.25, -0.2) is 0 Å². The lowest BCUT2D eigenvalue weighted by Gasteiger charge is -2.34. The molecular formula is C17H25N3O4. The highest BCUT2D eigenvalue weighted by Gasteiger charge is 2.31. The van der Waals surface area contributed by atoms with Crippen molar-refractivity contribution < 1.29 is 19.1 Å². The van der Waals surface area contributed by atoms with Crippen LogP contribution in [0.4, 0.5) is 0 Å². The number of rotatable bonds is 7. The van der Waals surface area contributed by atoms with E-state index in [4.69, 9.17) is 9.47 Å². The lowest BCUT2D eigenvalue weighted by atomic mass is 10.1. The second kappa shape index (κ2) is 8.54. The average Bonchev–Trinajstić information content (AvgIpc) is 2.58. The molecule has 132 valence electrons. The van der Waals surface area contributed by atoms with Crippen molar-refractivity contribution in [2.45, 2.75) is 25.9 Å². The Labute approximate surface area is 142 Å². The molecule has 1 unspecified atom stereocenters. The zero-order valence-electron chi connectivity index (χ0n) is 14.4. The Morgan fingerprint density at radius 1 is 1.33 bits per heavy atom. The molecule has 1 aliphatic heterocycles. The largest absolute Gasteiger partial charge is 0.493 e. The van der Waals surface area contributed by atoms with E-state index in [-0.39, 0.29) is 18.2 Å². The van der Waals surface area contributed by atoms with E-state index in [9.17, 15) is 9.59 Å². The van der Waals surface area contributed by atoms with E-state index in [1.165, 1.54) is 0 Å². The smallest absolute Gasteiger partial charge is 0.237 e. The van der Waals surface area contributed by atoms with Crippen LogP contribution >= 0.6 is 0 Å². The molecule has 0 saturated carbocycles. The maximum Gasteiger partial charge on any atom is 0.237 e. The summed E-state index contributed by atoms with van der Waals surface area (Å²) in [5, 5.41) is 5.58. The number of amides is 2. The molecule has 0 spiro atoms. The van der Waals surface area contributed by atoms with Gasteiger partial charge in [-0.2, -0.15) is 0 Å². The molecule has 1 heterocycles. The van der Waals surface area contributed by atoms with Crippen LogP contribution in [0.5, 0.6) is 11.5 Å². The Balaban J connectivity index is 2.12. The van der Waals surface area contributed by atoms with Gasteiger partial charge in [0, 0.05) is 26.2 Å². The SMILES string of the molecule is CCNC(=O)CC1C(=O)NCCN1Cc1ccc(OC)c(OC)c1. The van der Waals surface area contributed by atoms with Gasteiger partial charge in [0.2, 0.25) is 11.8 Å². The molecule has 1 aromatic rings. The van der Waals surface area contributed by atoms with E-state index < -0.39 is 6.04 Å². The molecule has 0 aromatic heterocycles. The molecule has 1 fully saturated rings. The van der Waals surface area contributed by atoms with Crippen LogP contribution < -0.4 is 20.1 Å². The van der Waals surface area contributed by atoms with E-state index in [2.05, 4.69) is 10.6 Å². The predicted molar refractivity (Wildman–Crippen MR) is 90.1 cm³/mol. The normalized spacial score (nSPS) is 18.0. The van der Waals surface area contributed by atoms with E-state index in [0.29, 0.717) is 37.7 Å². The molecule has 24 heavy (non-hydrogen) atoms. The number of piperazine rings is 1. The van der Waals surface area contributed by atoms with Gasteiger partial charge < -0.3 is 20.1 Å². The zero-order valence-corrected chi connectivity index (χ0v) is 14.4. The first-order chi connectivity index (χ1) is 11.6. The number of hydrogen-bond acceptors (Lipinski definition) is 5. The van der Waals surface area contributed by atoms with Crippen molar-refractivity contribution in [2.75, 3.05) is 33.9 Å². The van der Waals surface area contributed by atoms with Crippen LogP contribution in [-0.2, 0) is 16.1 Å². The molecule has 1 atom stereocenters. The third kappa shape index (κ3) is 4.38. The fourth-order valence-corrected chi connectivity index (χ4v) is 2.83. The quantitative estimate of drug-likeness (QED) is 0.760. The van der Waals surface area contributed by atoms with Gasteiger partial charge >= 0.3 is 0 Å². The monoisotopic (exact) mass is 335 g/mol. The molecule has 7 nitrogen and oxygen atoms in total. The topological polar surface area (TPSA) is 79.9 Å². The maximum atomic E-state index is 12.2. The summed E-state index contributed by atoms with van der Waals surface area (Å²) in [5.74, 6) is 1.10. The third-order valence-corrected chi connectivity index (χ3v) is 4.03. The zero-order chi connectivity index (χ0) is 17.5. The predicted octanol–water partition coefficient (Wildman–Crippen LogP) is 0.530. The van der Waals surface area contributed by atoms with E-state index >= 15 is 0 Å². The first-order valence-electron chi connectivity index (χ1n) is 8.08. The highest BCUT2D eigenvalue weighted by atomic mass is 16.5. The lowest BCUT2D eigenvalue weighted by Crippen LogP contribution is -2.56. The van der Waals surface area contributed by atoms with Crippen molar-refractivity contribution in [3.63, 3.8) is 0 Å². The summed E-state index contributed by atoms with van der Waals surface area (Å²) in [4.78, 5) is 26.1. The first-order valence-corrected chi connectivity index (χ1v) is 8.08. The van der Waals surface area contributed by atoms with E-state index in [1.807, 2.05) is 30.0 Å². The minimum atomic E-state index is -0.460. The standard InChI is InChI=1S/C17H25N3O4/c1-4-18-16(21)10-13-17(22)19-7-8-20(13)11-12-5-6-14(23-2)15(9-12)24-3/h5-6,9,13H,4,7-8,10-11H2,1-3H3,(H,18,21)(H,19,22). The minimum Gasteiger partial charge on any atom is -0.493 e. The Morgan fingerprint density at radius 3 is 2.75 bits per heavy atom. The third-order valence-electron chi connectivity index (χ3n) is 4.03. The van der Waals surface area contributed by atoms with Gasteiger partial charge in [0.25, 0.3) is 0 Å². The number of nitrogens with one attached hydrogen (secondary N) is 2. The lowest BCUT2D eigenvalue weighted by molar-refractivity contribution is -0.134. The summed E-state index contributed by atoms with van der Waals surface area (Å²) < 4.78 is 10.6. The second-order valence-corrected chi connectivity index (χ2v) is 5.62. The Kier molecular flexibility index (Phi) is 6.43. The van der Waals surface area contributed by atoms with Crippen molar-refractivity contribution in [1.82, 2.24) is 15.5 Å². The number of methoxy groups -OCH3 is 2. The number of nitrogens with zero attached hydrogens (tertiary/aromatic N) is 1. The van der Waals surface area contributed by atoms with Crippen LogP contribution in [0.1, 0.15) is 18.9 Å². The highest BCUT2D eigenvalue weighted by molar-refractivity contribution is 5.88. The number of ether oxygens (including phenoxy) is 2. The van der Waals surface area contributed by atoms with Gasteiger partial charge in [-0.3, -0.25) is 14.5 Å². The van der Waals surface area contributed by atoms with Gasteiger partial charge in [-0.15, -0.1) is 0 Å².